The highest BCUT2D eigenvalue weighted by Crippen LogP contribution is 2.35. The van der Waals surface area contributed by atoms with Crippen LogP contribution in [0.2, 0.25) is 0 Å². The topological polar surface area (TPSA) is 82.5 Å². The Morgan fingerprint density at radius 3 is 2.71 bits per heavy atom. The Balaban J connectivity index is 2.19. The van der Waals surface area contributed by atoms with Crippen molar-refractivity contribution in [1.82, 2.24) is 9.55 Å². The number of aliphatic hydroxyl groups excluding tert-OH is 1. The predicted molar refractivity (Wildman–Crippen MR) is 62.2 cm³/mol. The maximum atomic E-state index is 9.00. The lowest BCUT2D eigenvalue weighted by Crippen LogP contribution is -2.15. The van der Waals surface area contributed by atoms with E-state index in [1.165, 1.54) is 0 Å². The highest BCUT2D eigenvalue weighted by atomic mass is 16.6. The quantitative estimate of drug-likeness (QED) is 0.786. The molecule has 0 unspecified atom stereocenters. The van der Waals surface area contributed by atoms with Crippen LogP contribution >= 0.6 is 0 Å². The summed E-state index contributed by atoms with van der Waals surface area (Å²) in [4.78, 5) is 4.23. The summed E-state index contributed by atoms with van der Waals surface area (Å²) in [6.07, 6.45) is 0. The molecule has 2 aromatic rings. The fraction of sp³-hybridized carbons (Fsp3) is 0.364. The van der Waals surface area contributed by atoms with E-state index in [-0.39, 0.29) is 6.61 Å². The lowest BCUT2D eigenvalue weighted by atomic mass is 10.2. The highest BCUT2D eigenvalue weighted by Gasteiger charge is 2.16. The zero-order valence-electron chi connectivity index (χ0n) is 9.22. The van der Waals surface area contributed by atoms with Crippen molar-refractivity contribution in [2.45, 2.75) is 6.54 Å². The van der Waals surface area contributed by atoms with Crippen LogP contribution in [0.4, 0.5) is 5.95 Å². The van der Waals surface area contributed by atoms with E-state index in [9.17, 15) is 0 Å². The molecule has 1 aromatic carbocycles. The number of benzene rings is 1. The van der Waals surface area contributed by atoms with E-state index in [0.717, 1.165) is 11.0 Å². The Kier molecular flexibility index (Phi) is 2.29. The number of nitrogens with two attached hydrogens (primary N) is 1. The smallest absolute Gasteiger partial charge is 0.201 e. The van der Waals surface area contributed by atoms with Crippen LogP contribution in [0.15, 0.2) is 12.1 Å². The number of hydrogen-bond acceptors (Lipinski definition) is 5. The van der Waals surface area contributed by atoms with Gasteiger partial charge in [-0.15, -0.1) is 0 Å². The highest BCUT2D eigenvalue weighted by molar-refractivity contribution is 5.82. The minimum Gasteiger partial charge on any atom is -0.486 e. The van der Waals surface area contributed by atoms with Gasteiger partial charge < -0.3 is 24.9 Å². The second kappa shape index (κ2) is 3.81. The van der Waals surface area contributed by atoms with E-state index in [2.05, 4.69) is 4.98 Å². The molecule has 3 N–H and O–H groups in total. The van der Waals surface area contributed by atoms with Gasteiger partial charge in [0.15, 0.2) is 11.5 Å². The van der Waals surface area contributed by atoms with Gasteiger partial charge in [0.25, 0.3) is 0 Å². The Hall–Kier alpha value is -1.95. The Morgan fingerprint density at radius 2 is 2.00 bits per heavy atom. The van der Waals surface area contributed by atoms with Crippen LogP contribution in [0.25, 0.3) is 11.0 Å². The van der Waals surface area contributed by atoms with Crippen LogP contribution in [0.3, 0.4) is 0 Å². The van der Waals surface area contributed by atoms with E-state index in [1.54, 1.807) is 4.57 Å². The number of hydrogen-bond donors (Lipinski definition) is 2. The van der Waals surface area contributed by atoms with Gasteiger partial charge in [-0.25, -0.2) is 4.98 Å². The third-order valence-corrected chi connectivity index (χ3v) is 2.77. The number of aromatic nitrogens is 2. The van der Waals surface area contributed by atoms with Gasteiger partial charge in [-0.3, -0.25) is 0 Å². The first-order valence-corrected chi connectivity index (χ1v) is 5.46. The molecule has 0 atom stereocenters. The Morgan fingerprint density at radius 1 is 1.29 bits per heavy atom. The molecule has 17 heavy (non-hydrogen) atoms. The molecule has 90 valence electrons. The normalized spacial score (nSPS) is 14.2. The molecule has 1 aliphatic rings. The van der Waals surface area contributed by atoms with Gasteiger partial charge in [0.05, 0.1) is 17.6 Å². The summed E-state index contributed by atoms with van der Waals surface area (Å²) < 4.78 is 12.7. The van der Waals surface area contributed by atoms with Crippen LogP contribution in [-0.4, -0.2) is 34.5 Å². The average molecular weight is 235 g/mol. The fourth-order valence-corrected chi connectivity index (χ4v) is 2.02. The summed E-state index contributed by atoms with van der Waals surface area (Å²) in [6.45, 7) is 1.53. The van der Waals surface area contributed by atoms with Crippen molar-refractivity contribution in [3.63, 3.8) is 0 Å². The molecule has 0 saturated heterocycles. The Labute approximate surface area is 97.6 Å². The molecule has 1 aliphatic heterocycles. The van der Waals surface area contributed by atoms with Crippen molar-refractivity contribution in [2.75, 3.05) is 25.6 Å². The number of ether oxygens (including phenoxy) is 2. The van der Waals surface area contributed by atoms with E-state index < -0.39 is 0 Å². The van der Waals surface area contributed by atoms with Crippen molar-refractivity contribution < 1.29 is 14.6 Å². The number of rotatable bonds is 2. The molecule has 0 radical (unpaired) electrons. The number of imidazole rings is 1. The maximum Gasteiger partial charge on any atom is 0.201 e. The van der Waals surface area contributed by atoms with Crippen molar-refractivity contribution in [3.05, 3.63) is 12.1 Å². The van der Waals surface area contributed by atoms with Crippen LogP contribution < -0.4 is 15.2 Å². The first kappa shape index (κ1) is 10.2. The minimum absolute atomic E-state index is 0.0180. The van der Waals surface area contributed by atoms with Crippen molar-refractivity contribution in [3.8, 4) is 11.5 Å². The van der Waals surface area contributed by atoms with Gasteiger partial charge in [0.1, 0.15) is 13.2 Å². The monoisotopic (exact) mass is 235 g/mol. The number of nitrogen functional groups attached to an aromatic ring is 1. The van der Waals surface area contributed by atoms with Crippen molar-refractivity contribution in [2.24, 2.45) is 0 Å². The summed E-state index contributed by atoms with van der Waals surface area (Å²) >= 11 is 0. The van der Waals surface area contributed by atoms with Crippen LogP contribution in [0.1, 0.15) is 0 Å². The molecule has 6 heteroatoms. The summed E-state index contributed by atoms with van der Waals surface area (Å²) in [5, 5.41) is 9.00. The molecule has 0 bridgehead atoms. The molecule has 1 aromatic heterocycles. The number of nitrogens with zero attached hydrogens (tertiary/aromatic N) is 2. The summed E-state index contributed by atoms with van der Waals surface area (Å²) in [6, 6.07) is 3.66. The first-order valence-electron chi connectivity index (χ1n) is 5.46. The van der Waals surface area contributed by atoms with Crippen LogP contribution in [-0.2, 0) is 6.54 Å². The number of anilines is 1. The molecular weight excluding hydrogens is 222 g/mol. The largest absolute Gasteiger partial charge is 0.486 e. The van der Waals surface area contributed by atoms with Crippen LogP contribution in [0.5, 0.6) is 11.5 Å². The van der Waals surface area contributed by atoms with Gasteiger partial charge in [-0.05, 0) is 0 Å². The van der Waals surface area contributed by atoms with Gasteiger partial charge in [-0.1, -0.05) is 0 Å². The molecule has 0 spiro atoms. The molecular formula is C11H13N3O3. The number of fused-ring (bicyclic) bond motifs is 2. The van der Waals surface area contributed by atoms with E-state index in [1.807, 2.05) is 12.1 Å². The third-order valence-electron chi connectivity index (χ3n) is 2.77. The molecule has 3 rings (SSSR count). The summed E-state index contributed by atoms with van der Waals surface area (Å²) in [7, 11) is 0. The van der Waals surface area contributed by atoms with Gasteiger partial charge in [0, 0.05) is 18.7 Å². The van der Waals surface area contributed by atoms with Crippen LogP contribution in [0, 0.1) is 0 Å². The molecule has 0 amide bonds. The van der Waals surface area contributed by atoms with Crippen molar-refractivity contribution in [1.29, 1.82) is 0 Å². The van der Waals surface area contributed by atoms with Gasteiger partial charge in [-0.2, -0.15) is 0 Å². The lowest BCUT2D eigenvalue weighted by Gasteiger charge is -2.18. The standard InChI is InChI=1S/C11H13N3O3/c12-11-13-7-5-9-10(17-4-3-16-9)6-8(7)14(11)1-2-15/h5-6,15H,1-4H2,(H2,12,13). The Bertz CT molecular complexity index is 565. The molecule has 6 nitrogen and oxygen atoms in total. The van der Waals surface area contributed by atoms with Crippen molar-refractivity contribution >= 4 is 17.0 Å². The molecule has 0 fully saturated rings. The first-order chi connectivity index (χ1) is 8.29. The second-order valence-corrected chi connectivity index (χ2v) is 3.83. The zero-order valence-corrected chi connectivity index (χ0v) is 9.22. The third kappa shape index (κ3) is 1.57. The maximum absolute atomic E-state index is 9.00. The summed E-state index contributed by atoms with van der Waals surface area (Å²) in [5.74, 6) is 1.77. The SMILES string of the molecule is Nc1nc2cc3c(cc2n1CCO)OCCO3. The molecule has 0 saturated carbocycles. The lowest BCUT2D eigenvalue weighted by molar-refractivity contribution is 0.172. The van der Waals surface area contributed by atoms with Gasteiger partial charge in [0.2, 0.25) is 5.95 Å². The summed E-state index contributed by atoms with van der Waals surface area (Å²) in [5.41, 5.74) is 7.40. The molecule has 2 heterocycles. The predicted octanol–water partition coefficient (Wildman–Crippen LogP) is 0.382. The second-order valence-electron chi connectivity index (χ2n) is 3.83. The van der Waals surface area contributed by atoms with E-state index >= 15 is 0 Å². The van der Waals surface area contributed by atoms with Gasteiger partial charge >= 0.3 is 0 Å². The average Bonchev–Trinajstić information content (AvgIpc) is 2.63. The van der Waals surface area contributed by atoms with E-state index in [4.69, 9.17) is 20.3 Å². The fourth-order valence-electron chi connectivity index (χ4n) is 2.02. The number of aliphatic hydroxyl groups is 1. The van der Waals surface area contributed by atoms with E-state index in [0.29, 0.717) is 37.2 Å². The minimum atomic E-state index is 0.0180. The molecule has 0 aliphatic carbocycles. The zero-order chi connectivity index (χ0) is 11.8.